The molecule has 0 aliphatic carbocycles. The van der Waals surface area contributed by atoms with Gasteiger partial charge in [-0.05, 0) is 44.5 Å². The second-order valence-corrected chi connectivity index (χ2v) is 9.91. The molecule has 0 radical (unpaired) electrons. The van der Waals surface area contributed by atoms with E-state index in [9.17, 15) is 18.5 Å². The van der Waals surface area contributed by atoms with Gasteiger partial charge in [0.25, 0.3) is 15.7 Å². The molecule has 32 heavy (non-hydrogen) atoms. The first-order chi connectivity index (χ1) is 15.2. The third-order valence-electron chi connectivity index (χ3n) is 5.06. The fourth-order valence-electron chi connectivity index (χ4n) is 3.72. The van der Waals surface area contributed by atoms with Crippen molar-refractivity contribution in [2.24, 2.45) is 0 Å². The second kappa shape index (κ2) is 10.5. The number of morpholine rings is 1. The Labute approximate surface area is 192 Å². The highest BCUT2D eigenvalue weighted by molar-refractivity contribution is 7.92. The minimum atomic E-state index is -4.04. The molecule has 9 nitrogen and oxygen atoms in total. The number of sulfonamides is 1. The maximum Gasteiger partial charge on any atom is 0.293 e. The van der Waals surface area contributed by atoms with Crippen LogP contribution < -0.4 is 10.0 Å². The molecular weight excluding hydrogens is 456 g/mol. The molecule has 1 fully saturated rings. The van der Waals surface area contributed by atoms with E-state index in [1.54, 1.807) is 18.2 Å². The average Bonchev–Trinajstić information content (AvgIpc) is 2.72. The van der Waals surface area contributed by atoms with Crippen molar-refractivity contribution in [3.05, 3.63) is 57.6 Å². The second-order valence-electron chi connectivity index (χ2n) is 7.82. The van der Waals surface area contributed by atoms with Crippen molar-refractivity contribution >= 4 is 38.7 Å². The Morgan fingerprint density at radius 1 is 1.16 bits per heavy atom. The van der Waals surface area contributed by atoms with Crippen LogP contribution in [0.5, 0.6) is 0 Å². The van der Waals surface area contributed by atoms with E-state index in [-0.39, 0.29) is 39.2 Å². The summed E-state index contributed by atoms with van der Waals surface area (Å²) < 4.78 is 33.5. The van der Waals surface area contributed by atoms with Gasteiger partial charge in [-0.3, -0.25) is 19.7 Å². The van der Waals surface area contributed by atoms with Crippen LogP contribution >= 0.6 is 11.6 Å². The molecule has 2 aromatic carbocycles. The van der Waals surface area contributed by atoms with Crippen LogP contribution in [0.4, 0.5) is 17.1 Å². The van der Waals surface area contributed by atoms with Gasteiger partial charge < -0.3 is 10.1 Å². The first-order valence-corrected chi connectivity index (χ1v) is 12.2. The Balaban J connectivity index is 1.65. The number of anilines is 2. The fraction of sp³-hybridized carbons (Fsp3) is 0.429. The van der Waals surface area contributed by atoms with Crippen LogP contribution in [0.25, 0.3) is 0 Å². The van der Waals surface area contributed by atoms with E-state index in [1.807, 2.05) is 13.8 Å². The molecule has 1 heterocycles. The van der Waals surface area contributed by atoms with Crippen LogP contribution in [0.3, 0.4) is 0 Å². The van der Waals surface area contributed by atoms with Crippen molar-refractivity contribution in [2.45, 2.75) is 37.4 Å². The van der Waals surface area contributed by atoms with E-state index >= 15 is 0 Å². The van der Waals surface area contributed by atoms with Crippen molar-refractivity contribution in [1.29, 1.82) is 0 Å². The minimum absolute atomic E-state index is 0.182. The molecule has 0 bridgehead atoms. The molecule has 1 aliphatic rings. The Morgan fingerprint density at radius 2 is 1.84 bits per heavy atom. The van der Waals surface area contributed by atoms with Gasteiger partial charge in [-0.15, -0.1) is 0 Å². The number of nitrogens with zero attached hydrogens (tertiary/aromatic N) is 2. The highest BCUT2D eigenvalue weighted by atomic mass is 35.5. The van der Waals surface area contributed by atoms with Gasteiger partial charge in [0.15, 0.2) is 0 Å². The molecule has 1 saturated heterocycles. The van der Waals surface area contributed by atoms with Crippen molar-refractivity contribution in [1.82, 2.24) is 4.90 Å². The van der Waals surface area contributed by atoms with E-state index in [0.717, 1.165) is 32.1 Å². The molecule has 0 saturated carbocycles. The monoisotopic (exact) mass is 482 g/mol. The summed E-state index contributed by atoms with van der Waals surface area (Å²) in [6, 6.07) is 10.2. The lowest BCUT2D eigenvalue weighted by atomic mass is 10.2. The molecule has 11 heteroatoms. The molecule has 2 aromatic rings. The maximum absolute atomic E-state index is 12.7. The summed E-state index contributed by atoms with van der Waals surface area (Å²) in [5.41, 5.74) is 0.168. The Morgan fingerprint density at radius 3 is 2.50 bits per heavy atom. The summed E-state index contributed by atoms with van der Waals surface area (Å²) in [6.07, 6.45) is 1.15. The van der Waals surface area contributed by atoms with Gasteiger partial charge in [-0.2, -0.15) is 0 Å². The topological polar surface area (TPSA) is 114 Å². The third kappa shape index (κ3) is 6.32. The Bertz CT molecular complexity index is 1060. The number of para-hydroxylation sites is 1. The number of benzene rings is 2. The van der Waals surface area contributed by atoms with Gasteiger partial charge in [0.2, 0.25) is 0 Å². The van der Waals surface area contributed by atoms with E-state index in [1.165, 1.54) is 18.2 Å². The lowest BCUT2D eigenvalue weighted by Gasteiger charge is -2.35. The summed E-state index contributed by atoms with van der Waals surface area (Å²) in [5, 5.41) is 14.9. The molecule has 0 amide bonds. The summed E-state index contributed by atoms with van der Waals surface area (Å²) in [6.45, 7) is 7.16. The van der Waals surface area contributed by atoms with Crippen LogP contribution in [0.1, 0.15) is 20.3 Å². The molecule has 2 N–H and O–H groups in total. The SMILES string of the molecule is C[C@@H]1CN(CCCNc2ccc(S(=O)(=O)Nc3ccccc3Cl)cc2[N+](=O)[O-])C[C@H](C)O1. The maximum atomic E-state index is 12.7. The molecule has 0 aromatic heterocycles. The van der Waals surface area contributed by atoms with Gasteiger partial charge >= 0.3 is 0 Å². The van der Waals surface area contributed by atoms with Crippen LogP contribution in [0, 0.1) is 10.1 Å². The van der Waals surface area contributed by atoms with Crippen molar-refractivity contribution in [3.8, 4) is 0 Å². The van der Waals surface area contributed by atoms with Gasteiger partial charge in [0, 0.05) is 32.2 Å². The largest absolute Gasteiger partial charge is 0.379 e. The lowest BCUT2D eigenvalue weighted by Crippen LogP contribution is -2.45. The fourth-order valence-corrected chi connectivity index (χ4v) is 5.06. The van der Waals surface area contributed by atoms with Crippen molar-refractivity contribution in [3.63, 3.8) is 0 Å². The number of hydrogen-bond donors (Lipinski definition) is 2. The molecule has 3 rings (SSSR count). The number of hydrogen-bond acceptors (Lipinski definition) is 7. The predicted molar refractivity (Wildman–Crippen MR) is 125 cm³/mol. The predicted octanol–water partition coefficient (Wildman–Crippen LogP) is 3.96. The number of nitro groups is 1. The first kappa shape index (κ1) is 24.2. The summed E-state index contributed by atoms with van der Waals surface area (Å²) in [4.78, 5) is 13.1. The Kier molecular flexibility index (Phi) is 7.94. The van der Waals surface area contributed by atoms with E-state index in [2.05, 4.69) is 14.9 Å². The number of nitro benzene ring substituents is 1. The first-order valence-electron chi connectivity index (χ1n) is 10.3. The van der Waals surface area contributed by atoms with Crippen LogP contribution in [-0.2, 0) is 14.8 Å². The number of ether oxygens (including phenoxy) is 1. The van der Waals surface area contributed by atoms with Gasteiger partial charge in [0.05, 0.1) is 32.7 Å². The lowest BCUT2D eigenvalue weighted by molar-refractivity contribution is -0.384. The summed E-state index contributed by atoms with van der Waals surface area (Å²) in [7, 11) is -4.04. The number of rotatable bonds is 9. The minimum Gasteiger partial charge on any atom is -0.379 e. The van der Waals surface area contributed by atoms with Crippen LogP contribution in [0.2, 0.25) is 5.02 Å². The van der Waals surface area contributed by atoms with Crippen molar-refractivity contribution in [2.75, 3.05) is 36.2 Å². The average molecular weight is 483 g/mol. The molecule has 0 unspecified atom stereocenters. The highest BCUT2D eigenvalue weighted by Gasteiger charge is 2.23. The van der Waals surface area contributed by atoms with Gasteiger partial charge in [0.1, 0.15) is 5.69 Å². The van der Waals surface area contributed by atoms with Gasteiger partial charge in [-0.25, -0.2) is 8.42 Å². The zero-order chi connectivity index (χ0) is 23.3. The van der Waals surface area contributed by atoms with Crippen LogP contribution in [-0.4, -0.2) is 56.6 Å². The third-order valence-corrected chi connectivity index (χ3v) is 6.75. The van der Waals surface area contributed by atoms with E-state index in [0.29, 0.717) is 6.54 Å². The summed E-state index contributed by atoms with van der Waals surface area (Å²) >= 11 is 6.01. The summed E-state index contributed by atoms with van der Waals surface area (Å²) in [5.74, 6) is 0. The smallest absolute Gasteiger partial charge is 0.293 e. The number of halogens is 1. The molecule has 174 valence electrons. The zero-order valence-electron chi connectivity index (χ0n) is 18.0. The quantitative estimate of drug-likeness (QED) is 0.316. The normalized spacial score (nSPS) is 19.5. The standard InChI is InChI=1S/C21H27ClN4O5S/c1-15-13-25(14-16(2)31-15)11-5-10-23-20-9-8-17(12-21(20)26(27)28)32(29,30)24-19-7-4-3-6-18(19)22/h3-4,6-9,12,15-16,23-24H,5,10-11,13-14H2,1-2H3/t15-,16+. The molecule has 2 atom stereocenters. The molecule has 0 spiro atoms. The molecular formula is C21H27ClN4O5S. The van der Waals surface area contributed by atoms with Crippen molar-refractivity contribution < 1.29 is 18.1 Å². The molecule has 1 aliphatic heterocycles. The van der Waals surface area contributed by atoms with Crippen LogP contribution in [0.15, 0.2) is 47.4 Å². The van der Waals surface area contributed by atoms with E-state index in [4.69, 9.17) is 16.3 Å². The highest BCUT2D eigenvalue weighted by Crippen LogP contribution is 2.30. The zero-order valence-corrected chi connectivity index (χ0v) is 19.5. The van der Waals surface area contributed by atoms with Gasteiger partial charge in [-0.1, -0.05) is 23.7 Å². The van der Waals surface area contributed by atoms with E-state index < -0.39 is 14.9 Å². The number of nitrogens with one attached hydrogen (secondary N) is 2. The Hall–Kier alpha value is -2.40.